The van der Waals surface area contributed by atoms with Crippen molar-refractivity contribution < 1.29 is 14.3 Å². The van der Waals surface area contributed by atoms with E-state index in [1.165, 1.54) is 12.1 Å². The van der Waals surface area contributed by atoms with Crippen molar-refractivity contribution >= 4 is 5.91 Å². The van der Waals surface area contributed by atoms with Crippen molar-refractivity contribution in [1.29, 1.82) is 0 Å². The normalized spacial score (nSPS) is 17.2. The van der Waals surface area contributed by atoms with Gasteiger partial charge in [-0.3, -0.25) is 4.79 Å². The molecule has 114 valence electrons. The van der Waals surface area contributed by atoms with Gasteiger partial charge >= 0.3 is 0 Å². The Morgan fingerprint density at radius 3 is 2.68 bits per heavy atom. The molecule has 1 N–H and O–H groups in total. The van der Waals surface area contributed by atoms with Crippen LogP contribution >= 0.6 is 0 Å². The fourth-order valence-corrected chi connectivity index (χ4v) is 2.93. The maximum Gasteiger partial charge on any atom is 0.227 e. The Balaban J connectivity index is 1.76. The number of amides is 1. The quantitative estimate of drug-likeness (QED) is 0.926. The molecule has 2 aromatic carbocycles. The molecular weight excluding hydrogens is 281 g/mol. The topological polar surface area (TPSA) is 40.5 Å². The van der Waals surface area contributed by atoms with E-state index in [0.717, 1.165) is 23.1 Å². The molecule has 4 heteroatoms. The van der Waals surface area contributed by atoms with Gasteiger partial charge in [0.2, 0.25) is 5.91 Å². The van der Waals surface area contributed by atoms with Gasteiger partial charge in [-0.15, -0.1) is 0 Å². The summed E-state index contributed by atoms with van der Waals surface area (Å²) < 4.78 is 13.4. The van der Waals surface area contributed by atoms with Gasteiger partial charge in [0.15, 0.2) is 0 Å². The Bertz CT molecular complexity index is 697. The number of hydrogen-bond donors (Lipinski definition) is 1. The first-order valence-corrected chi connectivity index (χ1v) is 7.37. The van der Waals surface area contributed by atoms with Gasteiger partial charge < -0.3 is 10.0 Å². The van der Waals surface area contributed by atoms with E-state index < -0.39 is 0 Å². The molecule has 22 heavy (non-hydrogen) atoms. The van der Waals surface area contributed by atoms with Gasteiger partial charge in [0, 0.05) is 12.6 Å². The Labute approximate surface area is 129 Å². The van der Waals surface area contributed by atoms with Gasteiger partial charge in [-0.25, -0.2) is 4.39 Å². The summed E-state index contributed by atoms with van der Waals surface area (Å²) in [6.45, 7) is 2.46. The minimum Gasteiger partial charge on any atom is -0.508 e. The number of phenols is 1. The molecule has 1 aliphatic rings. The first-order chi connectivity index (χ1) is 10.5. The lowest BCUT2D eigenvalue weighted by Gasteiger charge is -2.35. The average Bonchev–Trinajstić information content (AvgIpc) is 2.49. The molecule has 0 saturated heterocycles. The Kier molecular flexibility index (Phi) is 3.84. The molecule has 2 aromatic rings. The van der Waals surface area contributed by atoms with E-state index in [1.807, 2.05) is 13.0 Å². The van der Waals surface area contributed by atoms with Crippen LogP contribution in [-0.2, 0) is 24.2 Å². The minimum atomic E-state index is -0.265. The molecule has 3 nitrogen and oxygen atoms in total. The molecule has 0 aliphatic carbocycles. The van der Waals surface area contributed by atoms with Crippen LogP contribution in [0.4, 0.5) is 4.39 Å². The zero-order valence-corrected chi connectivity index (χ0v) is 12.4. The van der Waals surface area contributed by atoms with Crippen molar-refractivity contribution in [2.75, 3.05) is 0 Å². The van der Waals surface area contributed by atoms with Gasteiger partial charge in [-0.2, -0.15) is 0 Å². The Hall–Kier alpha value is -2.36. The highest BCUT2D eigenvalue weighted by Crippen LogP contribution is 2.25. The number of fused-ring (bicyclic) bond motifs is 1. The van der Waals surface area contributed by atoms with Gasteiger partial charge in [0.05, 0.1) is 6.42 Å². The molecule has 0 bridgehead atoms. The summed E-state index contributed by atoms with van der Waals surface area (Å²) >= 11 is 0. The number of halogens is 1. The number of rotatable bonds is 2. The molecule has 1 heterocycles. The molecule has 0 fully saturated rings. The molecule has 0 aromatic heterocycles. The van der Waals surface area contributed by atoms with Crippen molar-refractivity contribution in [3.8, 4) is 5.75 Å². The van der Waals surface area contributed by atoms with E-state index >= 15 is 0 Å². The number of hydrogen-bond acceptors (Lipinski definition) is 2. The smallest absolute Gasteiger partial charge is 0.227 e. The first-order valence-electron chi connectivity index (χ1n) is 7.37. The minimum absolute atomic E-state index is 0.0214. The highest BCUT2D eigenvalue weighted by molar-refractivity contribution is 5.79. The molecular formula is C18H18FNO2. The van der Waals surface area contributed by atoms with Crippen LogP contribution in [0.25, 0.3) is 0 Å². The second kappa shape index (κ2) is 5.79. The number of carbonyl (C=O) groups is 1. The molecule has 1 amide bonds. The van der Waals surface area contributed by atoms with Crippen molar-refractivity contribution in [3.05, 3.63) is 65.0 Å². The van der Waals surface area contributed by atoms with E-state index in [4.69, 9.17) is 0 Å². The van der Waals surface area contributed by atoms with Crippen LogP contribution < -0.4 is 0 Å². The molecule has 0 radical (unpaired) electrons. The predicted octanol–water partition coefficient (Wildman–Crippen LogP) is 3.05. The number of phenolic OH excluding ortho intramolecular Hbond substituents is 1. The van der Waals surface area contributed by atoms with Crippen LogP contribution in [0.3, 0.4) is 0 Å². The summed E-state index contributed by atoms with van der Waals surface area (Å²) in [5.41, 5.74) is 2.86. The monoisotopic (exact) mass is 299 g/mol. The second-order valence-electron chi connectivity index (χ2n) is 5.83. The van der Waals surface area contributed by atoms with Crippen molar-refractivity contribution in [3.63, 3.8) is 0 Å². The Morgan fingerprint density at radius 1 is 1.23 bits per heavy atom. The van der Waals surface area contributed by atoms with Crippen molar-refractivity contribution in [1.82, 2.24) is 4.90 Å². The molecule has 0 spiro atoms. The van der Waals surface area contributed by atoms with Crippen LogP contribution in [0.1, 0.15) is 23.6 Å². The first kappa shape index (κ1) is 14.6. The number of nitrogens with zero attached hydrogens (tertiary/aromatic N) is 1. The maximum atomic E-state index is 13.4. The number of aromatic hydroxyl groups is 1. The van der Waals surface area contributed by atoms with E-state index in [-0.39, 0.29) is 29.9 Å². The summed E-state index contributed by atoms with van der Waals surface area (Å²) in [5.74, 6) is -0.0562. The number of benzene rings is 2. The fraction of sp³-hybridized carbons (Fsp3) is 0.278. The summed E-state index contributed by atoms with van der Waals surface area (Å²) in [6, 6.07) is 11.5. The lowest BCUT2D eigenvalue weighted by molar-refractivity contribution is -0.133. The second-order valence-corrected chi connectivity index (χ2v) is 5.83. The number of carbonyl (C=O) groups excluding carboxylic acids is 1. The lowest BCUT2D eigenvalue weighted by atomic mass is 9.94. The van der Waals surface area contributed by atoms with Gasteiger partial charge in [-0.05, 0) is 54.3 Å². The van der Waals surface area contributed by atoms with Gasteiger partial charge in [-0.1, -0.05) is 18.2 Å². The largest absolute Gasteiger partial charge is 0.508 e. The predicted molar refractivity (Wildman–Crippen MR) is 81.9 cm³/mol. The summed E-state index contributed by atoms with van der Waals surface area (Å²) in [6.07, 6.45) is 1.03. The third-order valence-corrected chi connectivity index (χ3v) is 4.17. The van der Waals surface area contributed by atoms with Crippen LogP contribution in [-0.4, -0.2) is 22.0 Å². The Morgan fingerprint density at radius 2 is 1.95 bits per heavy atom. The van der Waals surface area contributed by atoms with Crippen molar-refractivity contribution in [2.45, 2.75) is 32.4 Å². The summed E-state index contributed by atoms with van der Waals surface area (Å²) in [7, 11) is 0. The van der Waals surface area contributed by atoms with E-state index in [0.29, 0.717) is 6.54 Å². The zero-order chi connectivity index (χ0) is 15.7. The van der Waals surface area contributed by atoms with Gasteiger partial charge in [0.25, 0.3) is 0 Å². The van der Waals surface area contributed by atoms with E-state index in [9.17, 15) is 14.3 Å². The van der Waals surface area contributed by atoms with Gasteiger partial charge in [0.1, 0.15) is 11.6 Å². The summed E-state index contributed by atoms with van der Waals surface area (Å²) in [4.78, 5) is 14.3. The fourth-order valence-electron chi connectivity index (χ4n) is 2.93. The average molecular weight is 299 g/mol. The third kappa shape index (κ3) is 2.96. The summed E-state index contributed by atoms with van der Waals surface area (Å²) in [5, 5.41) is 9.29. The van der Waals surface area contributed by atoms with Crippen LogP contribution in [0.15, 0.2) is 42.5 Å². The van der Waals surface area contributed by atoms with Crippen LogP contribution in [0.5, 0.6) is 5.75 Å². The van der Waals surface area contributed by atoms with Crippen LogP contribution in [0, 0.1) is 5.82 Å². The molecule has 1 atom stereocenters. The highest BCUT2D eigenvalue weighted by atomic mass is 19.1. The standard InChI is InChI=1S/C18H18FNO2/c1-12-8-14-4-5-16(19)10-15(14)11-20(12)18(22)9-13-2-6-17(21)7-3-13/h2-7,10,12,21H,8-9,11H2,1H3. The van der Waals surface area contributed by atoms with Crippen LogP contribution in [0.2, 0.25) is 0 Å². The molecule has 3 rings (SSSR count). The lowest BCUT2D eigenvalue weighted by Crippen LogP contribution is -2.43. The highest BCUT2D eigenvalue weighted by Gasteiger charge is 2.26. The molecule has 1 unspecified atom stereocenters. The third-order valence-electron chi connectivity index (χ3n) is 4.17. The van der Waals surface area contributed by atoms with E-state index in [1.54, 1.807) is 29.2 Å². The SMILES string of the molecule is CC1Cc2ccc(F)cc2CN1C(=O)Cc1ccc(O)cc1. The molecule has 1 aliphatic heterocycles. The zero-order valence-electron chi connectivity index (χ0n) is 12.4. The molecule has 0 saturated carbocycles. The van der Waals surface area contributed by atoms with E-state index in [2.05, 4.69) is 0 Å². The van der Waals surface area contributed by atoms with Crippen molar-refractivity contribution in [2.24, 2.45) is 0 Å². The maximum absolute atomic E-state index is 13.4.